The van der Waals surface area contributed by atoms with Gasteiger partial charge < -0.3 is 5.32 Å². The summed E-state index contributed by atoms with van der Waals surface area (Å²) in [5.41, 5.74) is -0.178. The number of likely N-dealkylation sites (tertiary alicyclic amines) is 1. The van der Waals surface area contributed by atoms with E-state index in [1.807, 2.05) is 42.5 Å². The van der Waals surface area contributed by atoms with Crippen LogP contribution < -0.4 is 5.32 Å². The predicted molar refractivity (Wildman–Crippen MR) is 97.0 cm³/mol. The quantitative estimate of drug-likeness (QED) is 0.876. The van der Waals surface area contributed by atoms with Crippen LogP contribution in [-0.2, 0) is 10.3 Å². The maximum atomic E-state index is 13.1. The molecule has 2 aromatic rings. The number of hydrogen-bond donors (Lipinski definition) is 1. The number of nitrogens with zero attached hydrogens (tertiary/aromatic N) is 2. The van der Waals surface area contributed by atoms with Crippen LogP contribution in [-0.4, -0.2) is 41.5 Å². The van der Waals surface area contributed by atoms with Crippen molar-refractivity contribution in [2.24, 2.45) is 0 Å². The summed E-state index contributed by atoms with van der Waals surface area (Å²) in [5.74, 6) is -0.168. The lowest BCUT2D eigenvalue weighted by Gasteiger charge is -2.30. The van der Waals surface area contributed by atoms with E-state index in [0.29, 0.717) is 6.67 Å². The van der Waals surface area contributed by atoms with E-state index in [9.17, 15) is 9.59 Å². The van der Waals surface area contributed by atoms with E-state index < -0.39 is 5.54 Å². The standard InChI is InChI=1S/C20H23N3O2/c1-20(17-10-9-15-7-3-4-8-16(15)13-17)18(24)23(19(25)21-20)14-22-11-5-2-6-12-22/h3-4,7-10,13H,2,5-6,11-12,14H2,1H3,(H,21,25). The van der Waals surface area contributed by atoms with Gasteiger partial charge >= 0.3 is 6.03 Å². The van der Waals surface area contributed by atoms with Gasteiger partial charge in [0.25, 0.3) is 5.91 Å². The van der Waals surface area contributed by atoms with Crippen molar-refractivity contribution in [2.45, 2.75) is 31.7 Å². The van der Waals surface area contributed by atoms with Gasteiger partial charge in [-0.3, -0.25) is 9.69 Å². The third-order valence-electron chi connectivity index (χ3n) is 5.39. The smallest absolute Gasteiger partial charge is 0.319 e. The third-order valence-corrected chi connectivity index (χ3v) is 5.39. The number of piperidine rings is 1. The van der Waals surface area contributed by atoms with Gasteiger partial charge in [0.15, 0.2) is 0 Å². The SMILES string of the molecule is CC1(c2ccc3ccccc3c2)NC(=O)N(CN2CCCCC2)C1=O. The molecule has 0 aliphatic carbocycles. The van der Waals surface area contributed by atoms with Gasteiger partial charge in [-0.15, -0.1) is 0 Å². The number of carbonyl (C=O) groups excluding carboxylic acids is 2. The summed E-state index contributed by atoms with van der Waals surface area (Å²) < 4.78 is 0. The highest BCUT2D eigenvalue weighted by atomic mass is 16.2. The summed E-state index contributed by atoms with van der Waals surface area (Å²) in [6, 6.07) is 13.7. The van der Waals surface area contributed by atoms with E-state index in [0.717, 1.165) is 42.3 Å². The van der Waals surface area contributed by atoms with Gasteiger partial charge in [-0.25, -0.2) is 9.69 Å². The van der Waals surface area contributed by atoms with Crippen LogP contribution in [0.2, 0.25) is 0 Å². The van der Waals surface area contributed by atoms with Gasteiger partial charge in [0.05, 0.1) is 6.67 Å². The molecule has 25 heavy (non-hydrogen) atoms. The monoisotopic (exact) mass is 337 g/mol. The van der Waals surface area contributed by atoms with Crippen LogP contribution in [0.15, 0.2) is 42.5 Å². The first-order valence-electron chi connectivity index (χ1n) is 8.94. The van der Waals surface area contributed by atoms with Crippen LogP contribution >= 0.6 is 0 Å². The highest BCUT2D eigenvalue weighted by Crippen LogP contribution is 2.31. The first kappa shape index (κ1) is 16.1. The molecule has 1 unspecified atom stereocenters. The van der Waals surface area contributed by atoms with Gasteiger partial charge in [-0.2, -0.15) is 0 Å². The molecule has 130 valence electrons. The summed E-state index contributed by atoms with van der Waals surface area (Å²) in [6.07, 6.45) is 3.49. The number of nitrogens with one attached hydrogen (secondary N) is 1. The zero-order valence-corrected chi connectivity index (χ0v) is 14.5. The first-order chi connectivity index (χ1) is 12.1. The Balaban J connectivity index is 1.62. The van der Waals surface area contributed by atoms with E-state index in [-0.39, 0.29) is 11.9 Å². The van der Waals surface area contributed by atoms with Crippen molar-refractivity contribution in [2.75, 3.05) is 19.8 Å². The molecule has 5 nitrogen and oxygen atoms in total. The molecule has 1 N–H and O–H groups in total. The number of urea groups is 1. The fraction of sp³-hybridized carbons (Fsp3) is 0.400. The van der Waals surface area contributed by atoms with Gasteiger partial charge in [-0.05, 0) is 55.3 Å². The molecule has 2 saturated heterocycles. The predicted octanol–water partition coefficient (Wildman–Crippen LogP) is 3.05. The summed E-state index contributed by atoms with van der Waals surface area (Å²) >= 11 is 0. The Morgan fingerprint density at radius 3 is 2.48 bits per heavy atom. The average Bonchev–Trinajstić information content (AvgIpc) is 2.86. The second-order valence-electron chi connectivity index (χ2n) is 7.17. The third kappa shape index (κ3) is 2.78. The van der Waals surface area contributed by atoms with Crippen LogP contribution in [0.1, 0.15) is 31.7 Å². The number of benzene rings is 2. The summed E-state index contributed by atoms with van der Waals surface area (Å²) in [6.45, 7) is 4.08. The lowest BCUT2D eigenvalue weighted by molar-refractivity contribution is -0.132. The first-order valence-corrected chi connectivity index (χ1v) is 8.94. The zero-order valence-electron chi connectivity index (χ0n) is 14.5. The molecular weight excluding hydrogens is 314 g/mol. The number of rotatable bonds is 3. The lowest BCUT2D eigenvalue weighted by Crippen LogP contribution is -2.45. The Labute approximate surface area is 147 Å². The normalized spacial score (nSPS) is 24.8. The van der Waals surface area contributed by atoms with E-state index in [2.05, 4.69) is 10.2 Å². The Hall–Kier alpha value is -2.40. The van der Waals surface area contributed by atoms with E-state index in [1.165, 1.54) is 11.3 Å². The van der Waals surface area contributed by atoms with Gasteiger partial charge in [0.1, 0.15) is 5.54 Å². The van der Waals surface area contributed by atoms with Crippen molar-refractivity contribution < 1.29 is 9.59 Å². The van der Waals surface area contributed by atoms with Crippen molar-refractivity contribution in [3.8, 4) is 0 Å². The van der Waals surface area contributed by atoms with Crippen molar-refractivity contribution in [3.63, 3.8) is 0 Å². The molecule has 2 aliphatic heterocycles. The Morgan fingerprint density at radius 2 is 1.72 bits per heavy atom. The Kier molecular flexibility index (Phi) is 3.96. The lowest BCUT2D eigenvalue weighted by atomic mass is 9.90. The second kappa shape index (κ2) is 6.15. The topological polar surface area (TPSA) is 52.7 Å². The molecule has 0 saturated carbocycles. The molecule has 2 aromatic carbocycles. The maximum Gasteiger partial charge on any atom is 0.326 e. The van der Waals surface area contributed by atoms with Crippen molar-refractivity contribution in [3.05, 3.63) is 48.0 Å². The molecule has 0 radical (unpaired) electrons. The van der Waals surface area contributed by atoms with Gasteiger partial charge in [-0.1, -0.05) is 42.8 Å². The molecule has 5 heteroatoms. The fourth-order valence-corrected chi connectivity index (χ4v) is 3.82. The molecule has 2 aliphatic rings. The molecule has 3 amide bonds. The van der Waals surface area contributed by atoms with Crippen LogP contribution in [0, 0.1) is 0 Å². The van der Waals surface area contributed by atoms with Gasteiger partial charge in [0.2, 0.25) is 0 Å². The summed E-state index contributed by atoms with van der Waals surface area (Å²) in [5, 5.41) is 5.10. The van der Waals surface area contributed by atoms with E-state index in [4.69, 9.17) is 0 Å². The highest BCUT2D eigenvalue weighted by molar-refractivity contribution is 6.07. The second-order valence-corrected chi connectivity index (χ2v) is 7.17. The van der Waals surface area contributed by atoms with Crippen LogP contribution in [0.5, 0.6) is 0 Å². The van der Waals surface area contributed by atoms with Crippen LogP contribution in [0.25, 0.3) is 10.8 Å². The Bertz CT molecular complexity index is 829. The van der Waals surface area contributed by atoms with E-state index >= 15 is 0 Å². The molecule has 4 rings (SSSR count). The van der Waals surface area contributed by atoms with E-state index in [1.54, 1.807) is 6.92 Å². The fourth-order valence-electron chi connectivity index (χ4n) is 3.82. The maximum absolute atomic E-state index is 13.1. The number of imide groups is 1. The van der Waals surface area contributed by atoms with Crippen molar-refractivity contribution in [1.82, 2.24) is 15.1 Å². The van der Waals surface area contributed by atoms with Crippen molar-refractivity contribution in [1.29, 1.82) is 0 Å². The molecule has 0 bridgehead atoms. The van der Waals surface area contributed by atoms with Crippen LogP contribution in [0.4, 0.5) is 4.79 Å². The highest BCUT2D eigenvalue weighted by Gasteiger charge is 2.49. The molecule has 2 heterocycles. The number of hydrogen-bond acceptors (Lipinski definition) is 3. The number of amides is 3. The van der Waals surface area contributed by atoms with Crippen molar-refractivity contribution >= 4 is 22.7 Å². The van der Waals surface area contributed by atoms with Crippen LogP contribution in [0.3, 0.4) is 0 Å². The molecular formula is C20H23N3O2. The average molecular weight is 337 g/mol. The number of fused-ring (bicyclic) bond motifs is 1. The molecule has 0 spiro atoms. The summed E-state index contributed by atoms with van der Waals surface area (Å²) in [4.78, 5) is 29.1. The largest absolute Gasteiger partial charge is 0.326 e. The minimum absolute atomic E-state index is 0.168. The number of carbonyl (C=O) groups is 2. The minimum atomic E-state index is -1.00. The molecule has 0 aromatic heterocycles. The zero-order chi connectivity index (χ0) is 17.4. The van der Waals surface area contributed by atoms with Gasteiger partial charge in [0, 0.05) is 0 Å². The summed E-state index contributed by atoms with van der Waals surface area (Å²) in [7, 11) is 0. The Morgan fingerprint density at radius 1 is 1.00 bits per heavy atom. The molecule has 2 fully saturated rings. The molecule has 1 atom stereocenters. The minimum Gasteiger partial charge on any atom is -0.319 e.